The van der Waals surface area contributed by atoms with Gasteiger partial charge in [-0.25, -0.2) is 0 Å². The van der Waals surface area contributed by atoms with Gasteiger partial charge in [-0.1, -0.05) is 0 Å². The second-order valence-corrected chi connectivity index (χ2v) is 2.16. The summed E-state index contributed by atoms with van der Waals surface area (Å²) in [6, 6.07) is 0. The molecule has 0 fully saturated rings. The van der Waals surface area contributed by atoms with Crippen molar-refractivity contribution in [3.05, 3.63) is 11.8 Å². The average Bonchev–Trinajstić information content (AvgIpc) is 1.65. The number of rotatable bonds is 2. The molecule has 42 valence electrons. The molecule has 0 spiro atoms. The maximum absolute atomic E-state index is 10.3. The van der Waals surface area contributed by atoms with Crippen LogP contribution in [0.25, 0.3) is 0 Å². The number of allylic oxidation sites excluding steroid dienone is 2. The topological polar surface area (TPSA) is 26.3 Å². The molecule has 0 amide bonds. The number of hydrogen-bond donors (Lipinski definition) is 0. The zero-order valence-electron chi connectivity index (χ0n) is 4.97. The van der Waals surface area contributed by atoms with E-state index in [0.29, 0.717) is 30.6 Å². The van der Waals surface area contributed by atoms with Crippen molar-refractivity contribution >= 4 is 30.6 Å². The molecule has 0 saturated heterocycles. The summed E-state index contributed by atoms with van der Waals surface area (Å²) < 4.78 is 4.83. The van der Waals surface area contributed by atoms with Crippen LogP contribution in [0.15, 0.2) is 11.8 Å². The Balaban J connectivity index is 3.75. The van der Waals surface area contributed by atoms with E-state index in [2.05, 4.69) is 0 Å². The molecule has 2 nitrogen and oxygen atoms in total. The van der Waals surface area contributed by atoms with Gasteiger partial charge in [0.05, 0.1) is 0 Å². The molecule has 0 saturated carbocycles. The van der Waals surface area contributed by atoms with Crippen LogP contribution in [0.5, 0.6) is 0 Å². The van der Waals surface area contributed by atoms with Crippen LogP contribution in [0.2, 0.25) is 0 Å². The molecule has 0 aromatic rings. The summed E-state index contributed by atoms with van der Waals surface area (Å²) in [7, 11) is 0. The summed E-state index contributed by atoms with van der Waals surface area (Å²) >= 11 is 0.714. The minimum absolute atomic E-state index is 0.0387. The van der Waals surface area contributed by atoms with E-state index in [4.69, 9.17) is 2.85 Å². The van der Waals surface area contributed by atoms with Crippen LogP contribution < -0.4 is 0 Å². The van der Waals surface area contributed by atoms with Crippen LogP contribution in [0, 0.1) is 0 Å². The van der Waals surface area contributed by atoms with Crippen molar-refractivity contribution < 1.29 is 7.65 Å². The molecule has 0 rings (SSSR count). The molecular formula is C5H7InO2. The van der Waals surface area contributed by atoms with Gasteiger partial charge in [-0.05, 0) is 0 Å². The predicted molar refractivity (Wildman–Crippen MR) is 31.3 cm³/mol. The van der Waals surface area contributed by atoms with Crippen molar-refractivity contribution in [3.63, 3.8) is 0 Å². The molecular weight excluding hydrogens is 207 g/mol. The molecule has 0 aromatic heterocycles. The van der Waals surface area contributed by atoms with Gasteiger partial charge in [0.15, 0.2) is 0 Å². The van der Waals surface area contributed by atoms with Crippen LogP contribution in [-0.2, 0) is 7.65 Å². The van der Waals surface area contributed by atoms with Crippen molar-refractivity contribution in [2.24, 2.45) is 0 Å². The normalized spacial score (nSPS) is 11.0. The van der Waals surface area contributed by atoms with E-state index >= 15 is 0 Å². The quantitative estimate of drug-likeness (QED) is 0.496. The molecule has 0 aliphatic carbocycles. The summed E-state index contributed by atoms with van der Waals surface area (Å²) in [4.78, 5) is 10.3. The van der Waals surface area contributed by atoms with E-state index < -0.39 is 0 Å². The first-order chi connectivity index (χ1) is 3.66. The fraction of sp³-hybridized carbons (Fsp3) is 0.400. The third kappa shape index (κ3) is 4.24. The van der Waals surface area contributed by atoms with Gasteiger partial charge >= 0.3 is 63.9 Å². The second-order valence-electron chi connectivity index (χ2n) is 1.48. The zero-order valence-corrected chi connectivity index (χ0v) is 8.27. The Morgan fingerprint density at radius 2 is 2.12 bits per heavy atom. The third-order valence-corrected chi connectivity index (χ3v) is 1.65. The van der Waals surface area contributed by atoms with Gasteiger partial charge < -0.3 is 0 Å². The van der Waals surface area contributed by atoms with Gasteiger partial charge in [-0.2, -0.15) is 0 Å². The molecule has 0 aliphatic rings. The zero-order chi connectivity index (χ0) is 6.57. The summed E-state index contributed by atoms with van der Waals surface area (Å²) in [6.45, 7) is 3.27. The average molecular weight is 214 g/mol. The van der Waals surface area contributed by atoms with Gasteiger partial charge in [0.2, 0.25) is 0 Å². The number of carbonyl (C=O) groups excluding carboxylic acids is 1. The standard InChI is InChI=1S/C5H8O2.In/c1-4(6)3-5(2)7;/h3,6H,1-2H3;/q;+1/p-1/b4-3-;. The van der Waals surface area contributed by atoms with Gasteiger partial charge in [0, 0.05) is 0 Å². The molecule has 0 N–H and O–H groups in total. The van der Waals surface area contributed by atoms with Gasteiger partial charge in [-0.3, -0.25) is 0 Å². The molecule has 3 heteroatoms. The van der Waals surface area contributed by atoms with Crippen LogP contribution >= 0.6 is 0 Å². The first-order valence-corrected chi connectivity index (χ1v) is 3.57. The second kappa shape index (κ2) is 4.01. The van der Waals surface area contributed by atoms with E-state index in [9.17, 15) is 4.79 Å². The van der Waals surface area contributed by atoms with E-state index in [1.807, 2.05) is 0 Å². The first kappa shape index (κ1) is 8.08. The summed E-state index contributed by atoms with van der Waals surface area (Å²) in [6.07, 6.45) is 1.48. The fourth-order valence-electron chi connectivity index (χ4n) is 0.320. The van der Waals surface area contributed by atoms with Crippen LogP contribution in [-0.4, -0.2) is 30.6 Å². The molecule has 0 unspecified atom stereocenters. The Morgan fingerprint density at radius 3 is 2.25 bits per heavy atom. The van der Waals surface area contributed by atoms with Crippen molar-refractivity contribution in [3.8, 4) is 0 Å². The number of hydrogen-bond acceptors (Lipinski definition) is 2. The molecule has 0 heterocycles. The Kier molecular flexibility index (Phi) is 4.05. The van der Waals surface area contributed by atoms with E-state index in [1.54, 1.807) is 6.92 Å². The third-order valence-electron chi connectivity index (χ3n) is 0.592. The Hall–Kier alpha value is 0.0801. The molecule has 0 aliphatic heterocycles. The van der Waals surface area contributed by atoms with E-state index in [-0.39, 0.29) is 5.78 Å². The Morgan fingerprint density at radius 1 is 1.62 bits per heavy atom. The van der Waals surface area contributed by atoms with E-state index in [0.717, 1.165) is 0 Å². The molecule has 0 bridgehead atoms. The van der Waals surface area contributed by atoms with Crippen LogP contribution in [0.1, 0.15) is 13.8 Å². The molecule has 0 aromatic carbocycles. The van der Waals surface area contributed by atoms with Gasteiger partial charge in [0.1, 0.15) is 0 Å². The summed E-state index contributed by atoms with van der Waals surface area (Å²) in [5.41, 5.74) is 0. The Labute approximate surface area is 64.1 Å². The SMILES string of the molecule is CC(=O)/C=C(/C)[O][In]. The predicted octanol–water partition coefficient (Wildman–Crippen LogP) is 0.579. The number of carbonyl (C=O) groups is 1. The van der Waals surface area contributed by atoms with Gasteiger partial charge in [0.25, 0.3) is 0 Å². The monoisotopic (exact) mass is 214 g/mol. The minimum atomic E-state index is 0.0387. The molecule has 2 radical (unpaired) electrons. The van der Waals surface area contributed by atoms with Crippen molar-refractivity contribution in [2.75, 3.05) is 0 Å². The first-order valence-electron chi connectivity index (χ1n) is 2.22. The van der Waals surface area contributed by atoms with Crippen LogP contribution in [0.4, 0.5) is 0 Å². The Bertz CT molecular complexity index is 118. The van der Waals surface area contributed by atoms with Crippen LogP contribution in [0.3, 0.4) is 0 Å². The number of ketones is 1. The van der Waals surface area contributed by atoms with Crippen molar-refractivity contribution in [1.29, 1.82) is 0 Å². The van der Waals surface area contributed by atoms with Gasteiger partial charge in [-0.15, -0.1) is 0 Å². The summed E-state index contributed by atoms with van der Waals surface area (Å²) in [5.74, 6) is 0.747. The van der Waals surface area contributed by atoms with Crippen molar-refractivity contribution in [1.82, 2.24) is 0 Å². The summed E-state index contributed by atoms with van der Waals surface area (Å²) in [5, 5.41) is 0. The fourth-order valence-corrected chi connectivity index (χ4v) is 0.514. The molecule has 0 atom stereocenters. The molecule has 8 heavy (non-hydrogen) atoms. The van der Waals surface area contributed by atoms with E-state index in [1.165, 1.54) is 13.0 Å². The maximum atomic E-state index is 10.3. The van der Waals surface area contributed by atoms with Crippen molar-refractivity contribution in [2.45, 2.75) is 13.8 Å².